The molecule has 0 saturated heterocycles. The average molecular weight is 290 g/mol. The Morgan fingerprint density at radius 3 is 2.81 bits per heavy atom. The van der Waals surface area contributed by atoms with Gasteiger partial charge in [0.25, 0.3) is 0 Å². The van der Waals surface area contributed by atoms with Crippen molar-refractivity contribution >= 4 is 15.9 Å². The second-order valence-electron chi connectivity index (χ2n) is 3.84. The topological polar surface area (TPSA) is 32.3 Å². The summed E-state index contributed by atoms with van der Waals surface area (Å²) in [5.41, 5.74) is 0.803. The van der Waals surface area contributed by atoms with E-state index >= 15 is 0 Å². The fraction of sp³-hybridized carbons (Fsp3) is 0.500. The summed E-state index contributed by atoms with van der Waals surface area (Å²) in [7, 11) is 0. The summed E-state index contributed by atoms with van der Waals surface area (Å²) in [6.07, 6.45) is 1.03. The van der Waals surface area contributed by atoms with Gasteiger partial charge in [0.15, 0.2) is 0 Å². The van der Waals surface area contributed by atoms with Crippen molar-refractivity contribution < 1.29 is 9.50 Å². The first-order valence-electron chi connectivity index (χ1n) is 5.45. The highest BCUT2D eigenvalue weighted by atomic mass is 79.9. The Morgan fingerprint density at radius 1 is 1.44 bits per heavy atom. The summed E-state index contributed by atoms with van der Waals surface area (Å²) in [6, 6.07) is 4.69. The van der Waals surface area contributed by atoms with Crippen LogP contribution < -0.4 is 5.32 Å². The van der Waals surface area contributed by atoms with Crippen molar-refractivity contribution in [1.82, 2.24) is 5.32 Å². The third-order valence-electron chi connectivity index (χ3n) is 2.20. The molecular weight excluding hydrogens is 273 g/mol. The number of hydrogen-bond acceptors (Lipinski definition) is 2. The van der Waals surface area contributed by atoms with Crippen LogP contribution in [0.1, 0.15) is 18.9 Å². The largest absolute Gasteiger partial charge is 0.391 e. The molecule has 2 nitrogen and oxygen atoms in total. The summed E-state index contributed by atoms with van der Waals surface area (Å²) < 4.78 is 13.8. The van der Waals surface area contributed by atoms with E-state index in [1.807, 2.05) is 6.07 Å². The van der Waals surface area contributed by atoms with Gasteiger partial charge in [-0.05, 0) is 43.1 Å². The molecule has 0 fully saturated rings. The number of nitrogens with one attached hydrogen (secondary N) is 1. The van der Waals surface area contributed by atoms with Gasteiger partial charge < -0.3 is 10.4 Å². The molecule has 0 spiro atoms. The first-order valence-corrected chi connectivity index (χ1v) is 6.25. The van der Waals surface area contributed by atoms with E-state index in [1.54, 1.807) is 0 Å². The van der Waals surface area contributed by atoms with Crippen LogP contribution >= 0.6 is 15.9 Å². The van der Waals surface area contributed by atoms with Crippen molar-refractivity contribution in [2.24, 2.45) is 0 Å². The molecule has 1 rings (SSSR count). The lowest BCUT2D eigenvalue weighted by Gasteiger charge is -2.11. The highest BCUT2D eigenvalue weighted by molar-refractivity contribution is 9.10. The molecule has 90 valence electrons. The Labute approximate surface area is 104 Å². The van der Waals surface area contributed by atoms with Crippen LogP contribution in [0.15, 0.2) is 22.7 Å². The van der Waals surface area contributed by atoms with Gasteiger partial charge in [-0.2, -0.15) is 0 Å². The van der Waals surface area contributed by atoms with Crippen LogP contribution in [0.3, 0.4) is 0 Å². The van der Waals surface area contributed by atoms with E-state index in [1.165, 1.54) is 12.1 Å². The zero-order chi connectivity index (χ0) is 12.0. The lowest BCUT2D eigenvalue weighted by atomic mass is 10.1. The molecule has 0 bridgehead atoms. The monoisotopic (exact) mass is 289 g/mol. The van der Waals surface area contributed by atoms with Gasteiger partial charge in [-0.3, -0.25) is 0 Å². The molecule has 0 heterocycles. The van der Waals surface area contributed by atoms with Crippen molar-refractivity contribution in [3.63, 3.8) is 0 Å². The van der Waals surface area contributed by atoms with E-state index in [-0.39, 0.29) is 5.82 Å². The van der Waals surface area contributed by atoms with E-state index in [9.17, 15) is 9.50 Å². The van der Waals surface area contributed by atoms with Crippen LogP contribution in [0.2, 0.25) is 0 Å². The molecule has 0 amide bonds. The van der Waals surface area contributed by atoms with Crippen molar-refractivity contribution in [2.45, 2.75) is 25.9 Å². The summed E-state index contributed by atoms with van der Waals surface area (Å²) in [5, 5.41) is 12.8. The minimum Gasteiger partial charge on any atom is -0.391 e. The maximum absolute atomic E-state index is 13.1. The Hall–Kier alpha value is -0.450. The van der Waals surface area contributed by atoms with E-state index in [2.05, 4.69) is 28.2 Å². The van der Waals surface area contributed by atoms with E-state index in [4.69, 9.17) is 0 Å². The number of rotatable bonds is 6. The summed E-state index contributed by atoms with van der Waals surface area (Å²) in [6.45, 7) is 3.51. The molecule has 1 aromatic rings. The lowest BCUT2D eigenvalue weighted by molar-refractivity contribution is 0.172. The fourth-order valence-corrected chi connectivity index (χ4v) is 2.03. The Bertz CT molecular complexity index is 313. The number of halogens is 2. The Morgan fingerprint density at radius 2 is 2.19 bits per heavy atom. The number of aliphatic hydroxyl groups excluding tert-OH is 1. The number of hydrogen-bond donors (Lipinski definition) is 2. The van der Waals surface area contributed by atoms with Crippen molar-refractivity contribution in [1.29, 1.82) is 0 Å². The van der Waals surface area contributed by atoms with Crippen LogP contribution in [0.5, 0.6) is 0 Å². The van der Waals surface area contributed by atoms with Gasteiger partial charge in [-0.1, -0.05) is 22.9 Å². The second kappa shape index (κ2) is 6.99. The zero-order valence-corrected chi connectivity index (χ0v) is 10.9. The van der Waals surface area contributed by atoms with Gasteiger partial charge in [0.2, 0.25) is 0 Å². The van der Waals surface area contributed by atoms with Crippen molar-refractivity contribution in [3.8, 4) is 0 Å². The van der Waals surface area contributed by atoms with E-state index in [0.29, 0.717) is 17.4 Å². The molecule has 2 N–H and O–H groups in total. The third kappa shape index (κ3) is 5.05. The smallest absolute Gasteiger partial charge is 0.124 e. The summed E-state index contributed by atoms with van der Waals surface area (Å²) in [5.74, 6) is -0.280. The minimum atomic E-state index is -0.472. The van der Waals surface area contributed by atoms with Gasteiger partial charge in [0, 0.05) is 11.0 Å². The molecule has 1 atom stereocenters. The summed E-state index contributed by atoms with van der Waals surface area (Å²) >= 11 is 3.23. The van der Waals surface area contributed by atoms with Crippen LogP contribution in [0.4, 0.5) is 4.39 Å². The van der Waals surface area contributed by atoms with Crippen LogP contribution in [0, 0.1) is 5.82 Å². The highest BCUT2D eigenvalue weighted by Gasteiger charge is 2.06. The van der Waals surface area contributed by atoms with Crippen molar-refractivity contribution in [2.75, 3.05) is 13.1 Å². The molecule has 1 aromatic carbocycles. The molecule has 0 saturated carbocycles. The van der Waals surface area contributed by atoms with Gasteiger partial charge >= 0.3 is 0 Å². The quantitative estimate of drug-likeness (QED) is 0.789. The van der Waals surface area contributed by atoms with Crippen LogP contribution in [-0.4, -0.2) is 24.3 Å². The lowest BCUT2D eigenvalue weighted by Crippen LogP contribution is -2.28. The third-order valence-corrected chi connectivity index (χ3v) is 2.66. The zero-order valence-electron chi connectivity index (χ0n) is 9.34. The Balaban J connectivity index is 2.45. The van der Waals surface area contributed by atoms with Crippen molar-refractivity contribution in [3.05, 3.63) is 34.1 Å². The first kappa shape index (κ1) is 13.6. The molecular formula is C12H17BrFNO. The molecule has 4 heteroatoms. The van der Waals surface area contributed by atoms with Gasteiger partial charge in [0.05, 0.1) is 6.10 Å². The SMILES string of the molecule is CCCNCC(O)Cc1cc(F)cc(Br)c1. The van der Waals surface area contributed by atoms with Gasteiger partial charge in [0.1, 0.15) is 5.82 Å². The predicted molar refractivity (Wildman–Crippen MR) is 67.0 cm³/mol. The van der Waals surface area contributed by atoms with E-state index < -0.39 is 6.10 Å². The molecule has 0 aliphatic heterocycles. The highest BCUT2D eigenvalue weighted by Crippen LogP contribution is 2.16. The fourth-order valence-electron chi connectivity index (χ4n) is 1.52. The molecule has 16 heavy (non-hydrogen) atoms. The number of benzene rings is 1. The average Bonchev–Trinajstić information content (AvgIpc) is 2.16. The standard InChI is InChI=1S/C12H17BrFNO/c1-2-3-15-8-12(16)6-9-4-10(13)7-11(14)5-9/h4-5,7,12,15-16H,2-3,6,8H2,1H3. The maximum Gasteiger partial charge on any atom is 0.124 e. The first-order chi connectivity index (χ1) is 7.61. The Kier molecular flexibility index (Phi) is 5.95. The number of aliphatic hydroxyl groups is 1. The second-order valence-corrected chi connectivity index (χ2v) is 4.76. The minimum absolute atomic E-state index is 0.280. The normalized spacial score (nSPS) is 12.8. The molecule has 0 aromatic heterocycles. The maximum atomic E-state index is 13.1. The predicted octanol–water partition coefficient (Wildman–Crippen LogP) is 2.49. The molecule has 0 radical (unpaired) electrons. The van der Waals surface area contributed by atoms with Gasteiger partial charge in [-0.25, -0.2) is 4.39 Å². The molecule has 0 aliphatic rings. The van der Waals surface area contributed by atoms with Gasteiger partial charge in [-0.15, -0.1) is 0 Å². The van der Waals surface area contributed by atoms with E-state index in [0.717, 1.165) is 18.5 Å². The van der Waals surface area contributed by atoms with Crippen LogP contribution in [0.25, 0.3) is 0 Å². The summed E-state index contributed by atoms with van der Waals surface area (Å²) in [4.78, 5) is 0. The molecule has 1 unspecified atom stereocenters. The van der Waals surface area contributed by atoms with Crippen LogP contribution in [-0.2, 0) is 6.42 Å². The molecule has 0 aliphatic carbocycles.